The van der Waals surface area contributed by atoms with E-state index in [4.69, 9.17) is 0 Å². The maximum atomic E-state index is 3.49. The van der Waals surface area contributed by atoms with Gasteiger partial charge in [-0.2, -0.15) is 0 Å². The SMILES string of the molecule is CC(C)(C)NCCCc1ccccc1. The first-order chi connectivity index (χ1) is 6.58. The van der Waals surface area contributed by atoms with Crippen LogP contribution in [-0.2, 0) is 6.42 Å². The number of benzene rings is 1. The molecule has 1 N–H and O–H groups in total. The van der Waals surface area contributed by atoms with Gasteiger partial charge in [0.25, 0.3) is 0 Å². The zero-order valence-corrected chi connectivity index (χ0v) is 9.51. The Morgan fingerprint density at radius 3 is 2.29 bits per heavy atom. The summed E-state index contributed by atoms with van der Waals surface area (Å²) in [4.78, 5) is 0. The van der Waals surface area contributed by atoms with Crippen molar-refractivity contribution in [1.29, 1.82) is 0 Å². The fourth-order valence-electron chi connectivity index (χ4n) is 1.40. The Kier molecular flexibility index (Phi) is 4.15. The normalized spacial score (nSPS) is 11.6. The monoisotopic (exact) mass is 191 g/mol. The van der Waals surface area contributed by atoms with Gasteiger partial charge in [0.15, 0.2) is 0 Å². The first-order valence-electron chi connectivity index (χ1n) is 5.37. The second-order valence-corrected chi connectivity index (χ2v) is 4.77. The zero-order valence-electron chi connectivity index (χ0n) is 9.51. The van der Waals surface area contributed by atoms with Crippen LogP contribution in [0.3, 0.4) is 0 Å². The van der Waals surface area contributed by atoms with Gasteiger partial charge in [-0.1, -0.05) is 30.3 Å². The molecule has 0 saturated carbocycles. The number of rotatable bonds is 4. The molecule has 0 aliphatic carbocycles. The number of hydrogen-bond acceptors (Lipinski definition) is 1. The Morgan fingerprint density at radius 2 is 1.71 bits per heavy atom. The van der Waals surface area contributed by atoms with E-state index in [1.165, 1.54) is 18.4 Å². The summed E-state index contributed by atoms with van der Waals surface area (Å²) >= 11 is 0. The first-order valence-corrected chi connectivity index (χ1v) is 5.37. The van der Waals surface area contributed by atoms with Gasteiger partial charge in [0.1, 0.15) is 0 Å². The molecule has 1 rings (SSSR count). The smallest absolute Gasteiger partial charge is 0.00965 e. The van der Waals surface area contributed by atoms with Crippen LogP contribution in [-0.4, -0.2) is 12.1 Å². The Bertz CT molecular complexity index is 246. The molecule has 0 fully saturated rings. The largest absolute Gasteiger partial charge is 0.312 e. The van der Waals surface area contributed by atoms with E-state index < -0.39 is 0 Å². The van der Waals surface area contributed by atoms with E-state index in [2.05, 4.69) is 56.4 Å². The van der Waals surface area contributed by atoms with Crippen molar-refractivity contribution < 1.29 is 0 Å². The summed E-state index contributed by atoms with van der Waals surface area (Å²) < 4.78 is 0. The highest BCUT2D eigenvalue weighted by atomic mass is 14.9. The van der Waals surface area contributed by atoms with Crippen LogP contribution in [0, 0.1) is 0 Å². The molecule has 0 amide bonds. The number of aryl methyl sites for hydroxylation is 1. The lowest BCUT2D eigenvalue weighted by Gasteiger charge is -2.20. The lowest BCUT2D eigenvalue weighted by molar-refractivity contribution is 0.422. The molecule has 0 atom stereocenters. The van der Waals surface area contributed by atoms with Crippen LogP contribution < -0.4 is 5.32 Å². The maximum Gasteiger partial charge on any atom is 0.00965 e. The summed E-state index contributed by atoms with van der Waals surface area (Å²) in [7, 11) is 0. The molecule has 0 heterocycles. The molecule has 0 aliphatic heterocycles. The number of nitrogens with one attached hydrogen (secondary N) is 1. The summed E-state index contributed by atoms with van der Waals surface area (Å²) in [6.07, 6.45) is 2.38. The van der Waals surface area contributed by atoms with Gasteiger partial charge in [0, 0.05) is 5.54 Å². The van der Waals surface area contributed by atoms with Crippen LogP contribution in [0.15, 0.2) is 30.3 Å². The van der Waals surface area contributed by atoms with Crippen molar-refractivity contribution in [3.63, 3.8) is 0 Å². The van der Waals surface area contributed by atoms with Crippen LogP contribution in [0.25, 0.3) is 0 Å². The molecule has 1 aromatic carbocycles. The van der Waals surface area contributed by atoms with Gasteiger partial charge in [-0.25, -0.2) is 0 Å². The summed E-state index contributed by atoms with van der Waals surface area (Å²) in [5.74, 6) is 0. The minimum atomic E-state index is 0.247. The summed E-state index contributed by atoms with van der Waals surface area (Å²) in [6, 6.07) is 10.7. The third-order valence-electron chi connectivity index (χ3n) is 2.14. The molecule has 0 unspecified atom stereocenters. The molecule has 1 nitrogen and oxygen atoms in total. The van der Waals surface area contributed by atoms with E-state index in [1.807, 2.05) is 0 Å². The van der Waals surface area contributed by atoms with Gasteiger partial charge in [-0.3, -0.25) is 0 Å². The van der Waals surface area contributed by atoms with Gasteiger partial charge >= 0.3 is 0 Å². The minimum absolute atomic E-state index is 0.247. The first kappa shape index (κ1) is 11.3. The molecular weight excluding hydrogens is 170 g/mol. The summed E-state index contributed by atoms with van der Waals surface area (Å²) in [5.41, 5.74) is 1.68. The van der Waals surface area contributed by atoms with Gasteiger partial charge in [0.2, 0.25) is 0 Å². The Hall–Kier alpha value is -0.820. The van der Waals surface area contributed by atoms with Gasteiger partial charge in [-0.15, -0.1) is 0 Å². The van der Waals surface area contributed by atoms with Crippen molar-refractivity contribution in [3.05, 3.63) is 35.9 Å². The highest BCUT2D eigenvalue weighted by Crippen LogP contribution is 2.03. The molecular formula is C13H21N. The average Bonchev–Trinajstić information content (AvgIpc) is 2.13. The predicted octanol–water partition coefficient (Wildman–Crippen LogP) is 3.01. The fourth-order valence-corrected chi connectivity index (χ4v) is 1.40. The van der Waals surface area contributed by atoms with E-state index in [-0.39, 0.29) is 5.54 Å². The molecule has 14 heavy (non-hydrogen) atoms. The van der Waals surface area contributed by atoms with Crippen molar-refractivity contribution in [2.45, 2.75) is 39.2 Å². The Morgan fingerprint density at radius 1 is 1.07 bits per heavy atom. The molecule has 0 radical (unpaired) electrons. The van der Waals surface area contributed by atoms with Crippen molar-refractivity contribution in [1.82, 2.24) is 5.32 Å². The zero-order chi connectivity index (χ0) is 10.4. The average molecular weight is 191 g/mol. The topological polar surface area (TPSA) is 12.0 Å². The Balaban J connectivity index is 2.17. The van der Waals surface area contributed by atoms with Crippen LogP contribution in [0.2, 0.25) is 0 Å². The van der Waals surface area contributed by atoms with Crippen molar-refractivity contribution in [2.24, 2.45) is 0 Å². The van der Waals surface area contributed by atoms with Crippen LogP contribution in [0.1, 0.15) is 32.8 Å². The van der Waals surface area contributed by atoms with Crippen molar-refractivity contribution in [3.8, 4) is 0 Å². The maximum absolute atomic E-state index is 3.49. The highest BCUT2D eigenvalue weighted by molar-refractivity contribution is 5.14. The van der Waals surface area contributed by atoms with Crippen molar-refractivity contribution in [2.75, 3.05) is 6.54 Å². The molecule has 1 heteroatoms. The van der Waals surface area contributed by atoms with Gasteiger partial charge in [-0.05, 0) is 45.7 Å². The van der Waals surface area contributed by atoms with E-state index in [1.54, 1.807) is 0 Å². The molecule has 1 aromatic rings. The quantitative estimate of drug-likeness (QED) is 0.721. The van der Waals surface area contributed by atoms with E-state index in [9.17, 15) is 0 Å². The predicted molar refractivity (Wildman–Crippen MR) is 62.5 cm³/mol. The van der Waals surface area contributed by atoms with Crippen LogP contribution >= 0.6 is 0 Å². The molecule has 0 saturated heterocycles. The lowest BCUT2D eigenvalue weighted by Crippen LogP contribution is -2.36. The molecule has 0 aliphatic rings. The fraction of sp³-hybridized carbons (Fsp3) is 0.538. The third-order valence-corrected chi connectivity index (χ3v) is 2.14. The number of hydrogen-bond donors (Lipinski definition) is 1. The van der Waals surface area contributed by atoms with E-state index >= 15 is 0 Å². The summed E-state index contributed by atoms with van der Waals surface area (Å²) in [5, 5.41) is 3.49. The third kappa shape index (κ3) is 5.03. The van der Waals surface area contributed by atoms with Crippen molar-refractivity contribution >= 4 is 0 Å². The van der Waals surface area contributed by atoms with E-state index in [0.717, 1.165) is 6.54 Å². The minimum Gasteiger partial charge on any atom is -0.312 e. The van der Waals surface area contributed by atoms with Crippen LogP contribution in [0.5, 0.6) is 0 Å². The van der Waals surface area contributed by atoms with Crippen LogP contribution in [0.4, 0.5) is 0 Å². The second-order valence-electron chi connectivity index (χ2n) is 4.77. The molecule has 78 valence electrons. The second kappa shape index (κ2) is 5.16. The standard InChI is InChI=1S/C13H21N/c1-13(2,3)14-11-7-10-12-8-5-4-6-9-12/h4-6,8-9,14H,7,10-11H2,1-3H3. The molecule has 0 aromatic heterocycles. The van der Waals surface area contributed by atoms with Gasteiger partial charge in [0.05, 0.1) is 0 Å². The Labute approximate surface area is 87.5 Å². The summed E-state index contributed by atoms with van der Waals surface area (Å²) in [6.45, 7) is 7.71. The lowest BCUT2D eigenvalue weighted by atomic mass is 10.1. The molecule has 0 bridgehead atoms. The molecule has 0 spiro atoms. The van der Waals surface area contributed by atoms with E-state index in [0.29, 0.717) is 0 Å². The van der Waals surface area contributed by atoms with Gasteiger partial charge < -0.3 is 5.32 Å². The highest BCUT2D eigenvalue weighted by Gasteiger charge is 2.06.